The van der Waals surface area contributed by atoms with Crippen LogP contribution < -0.4 is 4.74 Å². The number of hydrogen-bond acceptors (Lipinski definition) is 5. The van der Waals surface area contributed by atoms with Gasteiger partial charge in [-0.05, 0) is 43.9 Å². The summed E-state index contributed by atoms with van der Waals surface area (Å²) in [6, 6.07) is 7.80. The Hall–Kier alpha value is -2.03. The van der Waals surface area contributed by atoms with Crippen molar-refractivity contribution in [1.82, 2.24) is 0 Å². The van der Waals surface area contributed by atoms with Gasteiger partial charge in [-0.2, -0.15) is 0 Å². The minimum absolute atomic E-state index is 0.224. The molecule has 0 bridgehead atoms. The highest BCUT2D eigenvalue weighted by molar-refractivity contribution is 6.01. The van der Waals surface area contributed by atoms with E-state index in [9.17, 15) is 0 Å². The molecule has 0 radical (unpaired) electrons. The van der Waals surface area contributed by atoms with E-state index in [0.717, 1.165) is 49.1 Å². The summed E-state index contributed by atoms with van der Waals surface area (Å²) in [6.45, 7) is 4.01. The van der Waals surface area contributed by atoms with Crippen molar-refractivity contribution in [2.24, 2.45) is 5.16 Å². The molecule has 1 aliphatic carbocycles. The molecule has 25 heavy (non-hydrogen) atoms. The van der Waals surface area contributed by atoms with Crippen molar-refractivity contribution in [2.75, 3.05) is 19.8 Å². The molecule has 5 nitrogen and oxygen atoms in total. The van der Waals surface area contributed by atoms with Crippen LogP contribution >= 0.6 is 0 Å². The molecule has 4 rings (SSSR count). The summed E-state index contributed by atoms with van der Waals surface area (Å²) in [5, 5.41) is 4.23. The van der Waals surface area contributed by atoms with Crippen molar-refractivity contribution < 1.29 is 19.0 Å². The lowest BCUT2D eigenvalue weighted by Crippen LogP contribution is -2.43. The molecule has 0 aromatic heterocycles. The second-order valence-electron chi connectivity index (χ2n) is 6.81. The average molecular weight is 341 g/mol. The van der Waals surface area contributed by atoms with Crippen LogP contribution in [0.3, 0.4) is 0 Å². The standard InChI is InChI=1S/C20H23NO4/c1-2-22-18-5-3-4-16(14-18)6-7-17-15-19(25-21-17)8-10-20(11-9-19)23-12-13-24-20/h3-5,14H,2,8-13,15H2,1H3. The monoisotopic (exact) mass is 341 g/mol. The normalized spacial score (nSPS) is 23.0. The van der Waals surface area contributed by atoms with E-state index in [1.54, 1.807) is 0 Å². The number of oxime groups is 1. The van der Waals surface area contributed by atoms with Gasteiger partial charge in [-0.1, -0.05) is 17.1 Å². The summed E-state index contributed by atoms with van der Waals surface area (Å²) < 4.78 is 17.1. The first-order valence-corrected chi connectivity index (χ1v) is 8.99. The van der Waals surface area contributed by atoms with Gasteiger partial charge >= 0.3 is 0 Å². The number of nitrogens with zero attached hydrogens (tertiary/aromatic N) is 1. The number of benzene rings is 1. The van der Waals surface area contributed by atoms with Gasteiger partial charge in [0, 0.05) is 24.8 Å². The molecule has 2 aliphatic heterocycles. The zero-order valence-electron chi connectivity index (χ0n) is 14.5. The Labute approximate surface area is 148 Å². The van der Waals surface area contributed by atoms with Crippen molar-refractivity contribution in [1.29, 1.82) is 0 Å². The zero-order chi connectivity index (χ0) is 17.2. The van der Waals surface area contributed by atoms with E-state index in [-0.39, 0.29) is 11.4 Å². The van der Waals surface area contributed by atoms with Crippen molar-refractivity contribution >= 4 is 5.71 Å². The molecule has 5 heteroatoms. The van der Waals surface area contributed by atoms with Crippen molar-refractivity contribution in [3.63, 3.8) is 0 Å². The highest BCUT2D eigenvalue weighted by Crippen LogP contribution is 2.45. The molecular formula is C20H23NO4. The molecule has 1 aromatic rings. The Bertz CT molecular complexity index is 715. The maximum absolute atomic E-state index is 5.80. The third-order valence-electron chi connectivity index (χ3n) is 5.07. The Kier molecular flexibility index (Phi) is 4.41. The molecule has 2 spiro atoms. The first-order chi connectivity index (χ1) is 12.2. The van der Waals surface area contributed by atoms with E-state index in [0.29, 0.717) is 19.8 Å². The van der Waals surface area contributed by atoms with Gasteiger partial charge in [-0.25, -0.2) is 0 Å². The van der Waals surface area contributed by atoms with Crippen LogP contribution in [0.5, 0.6) is 5.75 Å². The molecule has 132 valence electrons. The summed E-state index contributed by atoms with van der Waals surface area (Å²) in [5.74, 6) is 6.79. The second kappa shape index (κ2) is 6.70. The predicted molar refractivity (Wildman–Crippen MR) is 93.5 cm³/mol. The van der Waals surface area contributed by atoms with E-state index >= 15 is 0 Å². The summed E-state index contributed by atoms with van der Waals surface area (Å²) in [7, 11) is 0. The van der Waals surface area contributed by atoms with Gasteiger partial charge in [0.05, 0.1) is 19.8 Å². The second-order valence-corrected chi connectivity index (χ2v) is 6.81. The lowest BCUT2D eigenvalue weighted by molar-refractivity contribution is -0.206. The molecule has 3 aliphatic rings. The molecule has 0 atom stereocenters. The van der Waals surface area contributed by atoms with Crippen molar-refractivity contribution in [3.8, 4) is 17.6 Å². The fraction of sp³-hybridized carbons (Fsp3) is 0.550. The van der Waals surface area contributed by atoms with Crippen LogP contribution in [0.1, 0.15) is 44.6 Å². The van der Waals surface area contributed by atoms with Gasteiger partial charge in [0.2, 0.25) is 0 Å². The summed E-state index contributed by atoms with van der Waals surface area (Å²) in [4.78, 5) is 5.80. The van der Waals surface area contributed by atoms with Gasteiger partial charge in [-0.15, -0.1) is 0 Å². The smallest absolute Gasteiger partial charge is 0.168 e. The van der Waals surface area contributed by atoms with E-state index in [2.05, 4.69) is 17.0 Å². The van der Waals surface area contributed by atoms with Gasteiger partial charge in [-0.3, -0.25) is 0 Å². The Morgan fingerprint density at radius 1 is 1.12 bits per heavy atom. The van der Waals surface area contributed by atoms with Crippen LogP contribution in [0.15, 0.2) is 29.4 Å². The van der Waals surface area contributed by atoms with Crippen LogP contribution in [0.25, 0.3) is 0 Å². The van der Waals surface area contributed by atoms with Gasteiger partial charge in [0.15, 0.2) is 5.79 Å². The van der Waals surface area contributed by atoms with Crippen LogP contribution in [-0.2, 0) is 14.3 Å². The third kappa shape index (κ3) is 3.51. The largest absolute Gasteiger partial charge is 0.494 e. The maximum atomic E-state index is 5.80. The van der Waals surface area contributed by atoms with Crippen molar-refractivity contribution in [3.05, 3.63) is 29.8 Å². The van der Waals surface area contributed by atoms with Gasteiger partial charge in [0.25, 0.3) is 0 Å². The van der Waals surface area contributed by atoms with Crippen LogP contribution in [0.4, 0.5) is 0 Å². The Morgan fingerprint density at radius 3 is 2.68 bits per heavy atom. The number of hydrogen-bond donors (Lipinski definition) is 0. The van der Waals surface area contributed by atoms with Gasteiger partial charge < -0.3 is 19.0 Å². The molecule has 0 N–H and O–H groups in total. The average Bonchev–Trinajstić information content (AvgIpc) is 3.25. The van der Waals surface area contributed by atoms with Crippen LogP contribution in [-0.4, -0.2) is 36.9 Å². The van der Waals surface area contributed by atoms with Crippen molar-refractivity contribution in [2.45, 2.75) is 50.4 Å². The molecule has 1 aromatic carbocycles. The fourth-order valence-corrected chi connectivity index (χ4v) is 3.70. The van der Waals surface area contributed by atoms with Gasteiger partial charge in [0.1, 0.15) is 17.1 Å². The van der Waals surface area contributed by atoms with E-state index in [1.165, 1.54) is 0 Å². The minimum Gasteiger partial charge on any atom is -0.494 e. The van der Waals surface area contributed by atoms with Crippen LogP contribution in [0, 0.1) is 11.8 Å². The lowest BCUT2D eigenvalue weighted by atomic mass is 9.78. The summed E-state index contributed by atoms with van der Waals surface area (Å²) >= 11 is 0. The quantitative estimate of drug-likeness (QED) is 0.775. The highest BCUT2D eigenvalue weighted by Gasteiger charge is 2.50. The third-order valence-corrected chi connectivity index (χ3v) is 5.07. The molecular weight excluding hydrogens is 318 g/mol. The minimum atomic E-state index is -0.372. The predicted octanol–water partition coefficient (Wildman–Crippen LogP) is 3.27. The topological polar surface area (TPSA) is 49.3 Å². The molecule has 2 heterocycles. The molecule has 0 amide bonds. The fourth-order valence-electron chi connectivity index (χ4n) is 3.70. The molecule has 1 saturated carbocycles. The lowest BCUT2D eigenvalue weighted by Gasteiger charge is -2.39. The first-order valence-electron chi connectivity index (χ1n) is 8.99. The summed E-state index contributed by atoms with van der Waals surface area (Å²) in [5.41, 5.74) is 1.51. The van der Waals surface area contributed by atoms with Crippen LogP contribution in [0.2, 0.25) is 0 Å². The highest BCUT2D eigenvalue weighted by atomic mass is 16.7. The maximum Gasteiger partial charge on any atom is 0.168 e. The first kappa shape index (κ1) is 16.4. The van der Waals surface area contributed by atoms with E-state index in [1.807, 2.05) is 31.2 Å². The Morgan fingerprint density at radius 2 is 1.92 bits per heavy atom. The molecule has 1 saturated heterocycles. The van der Waals surface area contributed by atoms with E-state index in [4.69, 9.17) is 19.0 Å². The van der Waals surface area contributed by atoms with E-state index < -0.39 is 0 Å². The SMILES string of the molecule is CCOc1cccc(C#CC2=NOC3(CCC4(CC3)OCCO4)C2)c1. The molecule has 2 fully saturated rings. The molecule has 0 unspecified atom stereocenters. The number of rotatable bonds is 2. The zero-order valence-corrected chi connectivity index (χ0v) is 14.5. The Balaban J connectivity index is 1.38. The summed E-state index contributed by atoms with van der Waals surface area (Å²) in [6.07, 6.45) is 4.27. The number of ether oxygens (including phenoxy) is 3.